The highest BCUT2D eigenvalue weighted by molar-refractivity contribution is 9.11. The third kappa shape index (κ3) is 2.79. The quantitative estimate of drug-likeness (QED) is 0.644. The molecule has 4 rings (SSSR count). The third-order valence-corrected chi connectivity index (χ3v) is 8.29. The van der Waals surface area contributed by atoms with E-state index in [2.05, 4.69) is 26.1 Å². The fourth-order valence-electron chi connectivity index (χ4n) is 3.06. The lowest BCUT2D eigenvalue weighted by Gasteiger charge is -2.30. The molecule has 1 saturated heterocycles. The standard InChI is InChI=1S/C15H15BrN4O2S2/c16-12-4-5-14(23-12)24(21,22)19-9-6-11(7-10-19)15-18-17-13-3-1-2-8-20(13)15/h1-5,8,11H,6-7,9-10H2. The van der Waals surface area contributed by atoms with Crippen molar-refractivity contribution in [2.24, 2.45) is 0 Å². The molecule has 0 amide bonds. The van der Waals surface area contributed by atoms with E-state index in [-0.39, 0.29) is 5.92 Å². The average molecular weight is 427 g/mol. The predicted molar refractivity (Wildman–Crippen MR) is 95.7 cm³/mol. The maximum absolute atomic E-state index is 12.7. The van der Waals surface area contributed by atoms with Crippen molar-refractivity contribution in [1.29, 1.82) is 0 Å². The van der Waals surface area contributed by atoms with Crippen molar-refractivity contribution >= 4 is 42.9 Å². The van der Waals surface area contributed by atoms with Crippen LogP contribution in [0, 0.1) is 0 Å². The van der Waals surface area contributed by atoms with E-state index in [0.717, 1.165) is 28.1 Å². The van der Waals surface area contributed by atoms with Crippen LogP contribution in [-0.2, 0) is 10.0 Å². The monoisotopic (exact) mass is 426 g/mol. The van der Waals surface area contributed by atoms with Gasteiger partial charge < -0.3 is 0 Å². The molecule has 3 aromatic heterocycles. The zero-order valence-electron chi connectivity index (χ0n) is 12.7. The molecule has 0 radical (unpaired) electrons. The number of hydrogen-bond acceptors (Lipinski definition) is 5. The highest BCUT2D eigenvalue weighted by atomic mass is 79.9. The summed E-state index contributed by atoms with van der Waals surface area (Å²) >= 11 is 4.57. The molecule has 0 unspecified atom stereocenters. The van der Waals surface area contributed by atoms with Crippen molar-refractivity contribution < 1.29 is 8.42 Å². The van der Waals surface area contributed by atoms with Gasteiger partial charge in [-0.1, -0.05) is 6.07 Å². The van der Waals surface area contributed by atoms with Gasteiger partial charge in [-0.25, -0.2) is 8.42 Å². The van der Waals surface area contributed by atoms with Crippen LogP contribution in [0.2, 0.25) is 0 Å². The molecule has 0 atom stereocenters. The van der Waals surface area contributed by atoms with Crippen molar-refractivity contribution in [2.75, 3.05) is 13.1 Å². The summed E-state index contributed by atoms with van der Waals surface area (Å²) < 4.78 is 30.2. The third-order valence-electron chi connectivity index (χ3n) is 4.30. The Morgan fingerprint density at radius 1 is 1.12 bits per heavy atom. The summed E-state index contributed by atoms with van der Waals surface area (Å²) in [4.78, 5) is 0. The minimum absolute atomic E-state index is 0.226. The van der Waals surface area contributed by atoms with Crippen LogP contribution in [-0.4, -0.2) is 40.4 Å². The SMILES string of the molecule is O=S(=O)(c1ccc(Br)s1)N1CCC(c2nnc3ccccn23)CC1. The molecule has 0 saturated carbocycles. The lowest BCUT2D eigenvalue weighted by atomic mass is 9.97. The van der Waals surface area contributed by atoms with Gasteiger partial charge in [-0.15, -0.1) is 21.5 Å². The van der Waals surface area contributed by atoms with Crippen LogP contribution >= 0.6 is 27.3 Å². The van der Waals surface area contributed by atoms with Crippen molar-refractivity contribution in [3.63, 3.8) is 0 Å². The summed E-state index contributed by atoms with van der Waals surface area (Å²) in [5.74, 6) is 1.14. The van der Waals surface area contributed by atoms with Crippen molar-refractivity contribution in [2.45, 2.75) is 23.0 Å². The van der Waals surface area contributed by atoms with E-state index in [1.807, 2.05) is 28.8 Å². The molecule has 0 spiro atoms. The summed E-state index contributed by atoms with van der Waals surface area (Å²) in [6, 6.07) is 9.23. The van der Waals surface area contributed by atoms with Gasteiger partial charge in [-0.2, -0.15) is 4.31 Å². The number of aromatic nitrogens is 3. The molecule has 1 fully saturated rings. The number of fused-ring (bicyclic) bond motifs is 1. The summed E-state index contributed by atoms with van der Waals surface area (Å²) in [6.07, 6.45) is 3.46. The molecule has 24 heavy (non-hydrogen) atoms. The number of rotatable bonds is 3. The molecule has 0 aromatic carbocycles. The lowest BCUT2D eigenvalue weighted by molar-refractivity contribution is 0.313. The Morgan fingerprint density at radius 3 is 2.62 bits per heavy atom. The molecule has 0 aliphatic carbocycles. The topological polar surface area (TPSA) is 67.6 Å². The van der Waals surface area contributed by atoms with Gasteiger partial charge in [0.15, 0.2) is 5.65 Å². The van der Waals surface area contributed by atoms with Crippen LogP contribution in [0.3, 0.4) is 0 Å². The van der Waals surface area contributed by atoms with Gasteiger partial charge in [0.2, 0.25) is 0 Å². The van der Waals surface area contributed by atoms with Crippen molar-refractivity contribution in [3.05, 3.63) is 46.1 Å². The number of nitrogens with zero attached hydrogens (tertiary/aromatic N) is 4. The minimum Gasteiger partial charge on any atom is -0.286 e. The Labute approximate surface area is 152 Å². The Bertz CT molecular complexity index is 974. The van der Waals surface area contributed by atoms with E-state index in [1.54, 1.807) is 16.4 Å². The molecule has 3 aromatic rings. The Morgan fingerprint density at radius 2 is 1.92 bits per heavy atom. The van der Waals surface area contributed by atoms with Gasteiger partial charge >= 0.3 is 0 Å². The van der Waals surface area contributed by atoms with Crippen molar-refractivity contribution in [3.8, 4) is 0 Å². The van der Waals surface area contributed by atoms with Crippen LogP contribution in [0.1, 0.15) is 24.6 Å². The van der Waals surface area contributed by atoms with Gasteiger partial charge in [-0.3, -0.25) is 4.40 Å². The summed E-state index contributed by atoms with van der Waals surface area (Å²) in [7, 11) is -3.40. The maximum atomic E-state index is 12.7. The van der Waals surface area contributed by atoms with Crippen LogP contribution in [0.15, 0.2) is 44.5 Å². The van der Waals surface area contributed by atoms with E-state index in [9.17, 15) is 8.42 Å². The summed E-state index contributed by atoms with van der Waals surface area (Å²) in [6.45, 7) is 1.01. The highest BCUT2D eigenvalue weighted by Gasteiger charge is 2.32. The molecule has 9 heteroatoms. The van der Waals surface area contributed by atoms with Gasteiger partial charge in [-0.05, 0) is 53.0 Å². The number of piperidine rings is 1. The average Bonchev–Trinajstić information content (AvgIpc) is 3.21. The first kappa shape index (κ1) is 16.2. The number of sulfonamides is 1. The second kappa shape index (κ2) is 6.21. The second-order valence-electron chi connectivity index (χ2n) is 5.72. The molecule has 1 aliphatic rings. The van der Waals surface area contributed by atoms with Crippen molar-refractivity contribution in [1.82, 2.24) is 18.9 Å². The molecule has 126 valence electrons. The second-order valence-corrected chi connectivity index (χ2v) is 10.4. The van der Waals surface area contributed by atoms with Crippen LogP contribution in [0.25, 0.3) is 5.65 Å². The highest BCUT2D eigenvalue weighted by Crippen LogP contribution is 2.33. The van der Waals surface area contributed by atoms with Gasteiger partial charge in [0.25, 0.3) is 10.0 Å². The first-order valence-electron chi connectivity index (χ1n) is 7.61. The molecule has 0 N–H and O–H groups in total. The zero-order chi connectivity index (χ0) is 16.7. The maximum Gasteiger partial charge on any atom is 0.252 e. The van der Waals surface area contributed by atoms with E-state index in [4.69, 9.17) is 0 Å². The van der Waals surface area contributed by atoms with Gasteiger partial charge in [0.1, 0.15) is 10.0 Å². The molecule has 6 nitrogen and oxygen atoms in total. The first-order chi connectivity index (χ1) is 11.6. The zero-order valence-corrected chi connectivity index (χ0v) is 15.9. The summed E-state index contributed by atoms with van der Waals surface area (Å²) in [5, 5.41) is 8.50. The lowest BCUT2D eigenvalue weighted by Crippen LogP contribution is -2.37. The largest absolute Gasteiger partial charge is 0.286 e. The summed E-state index contributed by atoms with van der Waals surface area (Å²) in [5.41, 5.74) is 0.825. The predicted octanol–water partition coefficient (Wildman–Crippen LogP) is 3.12. The number of hydrogen-bond donors (Lipinski definition) is 0. The Kier molecular flexibility index (Phi) is 4.19. The van der Waals surface area contributed by atoms with E-state index in [1.165, 1.54) is 11.3 Å². The van der Waals surface area contributed by atoms with Gasteiger partial charge in [0.05, 0.1) is 3.79 Å². The Balaban J connectivity index is 1.53. The minimum atomic E-state index is -3.40. The number of pyridine rings is 1. The van der Waals surface area contributed by atoms with Crippen LogP contribution in [0.5, 0.6) is 0 Å². The fraction of sp³-hybridized carbons (Fsp3) is 0.333. The normalized spacial score (nSPS) is 17.5. The molecule has 4 heterocycles. The molecule has 0 bridgehead atoms. The smallest absolute Gasteiger partial charge is 0.252 e. The van der Waals surface area contributed by atoms with E-state index in [0.29, 0.717) is 17.3 Å². The fourth-order valence-corrected chi connectivity index (χ4v) is 6.69. The Hall–Kier alpha value is -1.29. The number of halogens is 1. The molecule has 1 aliphatic heterocycles. The van der Waals surface area contributed by atoms with Crippen LogP contribution < -0.4 is 0 Å². The number of thiophene rings is 1. The van der Waals surface area contributed by atoms with E-state index < -0.39 is 10.0 Å². The van der Waals surface area contributed by atoms with Crippen LogP contribution in [0.4, 0.5) is 0 Å². The van der Waals surface area contributed by atoms with Gasteiger partial charge in [0, 0.05) is 25.2 Å². The first-order valence-corrected chi connectivity index (χ1v) is 10.7. The molecular weight excluding hydrogens is 412 g/mol. The van der Waals surface area contributed by atoms with E-state index >= 15 is 0 Å². The molecular formula is C15H15BrN4O2S2.